The quantitative estimate of drug-likeness (QED) is 0.0514. The Balaban J connectivity index is 1.68. The maximum atomic E-state index is 12.9. The van der Waals surface area contributed by atoms with Gasteiger partial charge in [-0.1, -0.05) is 156 Å². The summed E-state index contributed by atoms with van der Waals surface area (Å²) in [5.41, 5.74) is 7.48. The van der Waals surface area contributed by atoms with Crippen molar-refractivity contribution in [3.05, 3.63) is 12.7 Å². The van der Waals surface area contributed by atoms with Crippen molar-refractivity contribution in [2.24, 2.45) is 0 Å². The molecule has 0 saturated carbocycles. The van der Waals surface area contributed by atoms with Crippen LogP contribution in [-0.4, -0.2) is 68.7 Å². The van der Waals surface area contributed by atoms with Crippen molar-refractivity contribution in [2.75, 3.05) is 32.0 Å². The first kappa shape index (κ1) is 52.4. The Kier molecular flexibility index (Phi) is 32.9. The second-order valence-electron chi connectivity index (χ2n) is 17.3. The summed E-state index contributed by atoms with van der Waals surface area (Å²) in [6, 6.07) is 0. The number of carbonyl (C=O) groups excluding carboxylic acids is 2. The highest BCUT2D eigenvalue weighted by Crippen LogP contribution is 2.19. The van der Waals surface area contributed by atoms with Crippen molar-refractivity contribution < 1.29 is 19.1 Å². The number of anilines is 1. The molecule has 0 saturated heterocycles. The van der Waals surface area contributed by atoms with E-state index in [2.05, 4.69) is 45.2 Å². The molecule has 0 unspecified atom stereocenters. The first-order valence-electron chi connectivity index (χ1n) is 25.0. The molecule has 0 aromatic carbocycles. The van der Waals surface area contributed by atoms with Gasteiger partial charge in [-0.2, -0.15) is 0 Å². The zero-order chi connectivity index (χ0) is 42.4. The largest absolute Gasteiger partial charge is 0.466 e. The van der Waals surface area contributed by atoms with Crippen LogP contribution < -0.4 is 5.73 Å². The number of aromatic nitrogens is 4. The number of hydrogen-bond acceptors (Lipinski definition) is 9. The van der Waals surface area contributed by atoms with E-state index in [0.29, 0.717) is 30.8 Å². The fourth-order valence-electron chi connectivity index (χ4n) is 8.08. The summed E-state index contributed by atoms with van der Waals surface area (Å²) in [7, 11) is 0. The van der Waals surface area contributed by atoms with Gasteiger partial charge in [-0.15, -0.1) is 0 Å². The Morgan fingerprint density at radius 1 is 0.576 bits per heavy atom. The lowest BCUT2D eigenvalue weighted by atomic mass is 10.0. The maximum Gasteiger partial charge on any atom is 0.306 e. The second-order valence-corrected chi connectivity index (χ2v) is 17.3. The van der Waals surface area contributed by atoms with Gasteiger partial charge in [0.2, 0.25) is 0 Å². The third kappa shape index (κ3) is 27.7. The highest BCUT2D eigenvalue weighted by Gasteiger charge is 2.15. The molecule has 0 aliphatic carbocycles. The molecule has 2 aromatic heterocycles. The van der Waals surface area contributed by atoms with Crippen LogP contribution >= 0.6 is 0 Å². The number of hydrogen-bond donors (Lipinski definition) is 1. The fourth-order valence-corrected chi connectivity index (χ4v) is 8.08. The molecule has 0 fully saturated rings. The fraction of sp³-hybridized carbons (Fsp3) is 0.857. The molecular formula is C49H90N6O4. The molecule has 2 aromatic rings. The topological polar surface area (TPSA) is 125 Å². The third-order valence-electron chi connectivity index (χ3n) is 11.8. The molecular weight excluding hydrogens is 737 g/mol. The van der Waals surface area contributed by atoms with E-state index in [-0.39, 0.29) is 18.0 Å². The van der Waals surface area contributed by atoms with Crippen LogP contribution in [-0.2, 0) is 25.6 Å². The van der Waals surface area contributed by atoms with Crippen LogP contribution in [0.2, 0.25) is 0 Å². The van der Waals surface area contributed by atoms with Crippen LogP contribution in [0.15, 0.2) is 12.7 Å². The van der Waals surface area contributed by atoms with Crippen LogP contribution in [0.4, 0.5) is 5.82 Å². The van der Waals surface area contributed by atoms with Crippen LogP contribution in [0.1, 0.15) is 233 Å². The molecule has 0 radical (unpaired) electrons. The first-order chi connectivity index (χ1) is 29.0. The van der Waals surface area contributed by atoms with Crippen molar-refractivity contribution >= 4 is 28.9 Å². The number of nitrogens with two attached hydrogens (primary N) is 1. The predicted molar refractivity (Wildman–Crippen MR) is 246 cm³/mol. The minimum absolute atomic E-state index is 0.0152. The molecule has 0 atom stereocenters. The van der Waals surface area contributed by atoms with Crippen molar-refractivity contribution in [1.29, 1.82) is 0 Å². The molecule has 10 nitrogen and oxygen atoms in total. The number of ether oxygens (including phenoxy) is 2. The smallest absolute Gasteiger partial charge is 0.306 e. The molecule has 59 heavy (non-hydrogen) atoms. The van der Waals surface area contributed by atoms with E-state index < -0.39 is 0 Å². The Hall–Kier alpha value is -2.75. The average molecular weight is 827 g/mol. The molecule has 2 rings (SSSR count). The van der Waals surface area contributed by atoms with E-state index in [4.69, 9.17) is 15.2 Å². The number of imidazole rings is 1. The highest BCUT2D eigenvalue weighted by molar-refractivity contribution is 5.81. The van der Waals surface area contributed by atoms with Crippen molar-refractivity contribution in [1.82, 2.24) is 24.4 Å². The van der Waals surface area contributed by atoms with Gasteiger partial charge in [-0.3, -0.25) is 9.59 Å². The summed E-state index contributed by atoms with van der Waals surface area (Å²) in [6.45, 7) is 11.4. The Labute approximate surface area is 361 Å². The summed E-state index contributed by atoms with van der Waals surface area (Å²) in [5, 5.41) is 0. The van der Waals surface area contributed by atoms with Gasteiger partial charge in [0.25, 0.3) is 0 Å². The van der Waals surface area contributed by atoms with Crippen molar-refractivity contribution in [3.63, 3.8) is 0 Å². The van der Waals surface area contributed by atoms with Gasteiger partial charge in [-0.05, 0) is 83.8 Å². The molecule has 0 amide bonds. The van der Waals surface area contributed by atoms with Crippen molar-refractivity contribution in [3.8, 4) is 0 Å². The van der Waals surface area contributed by atoms with E-state index in [1.807, 2.05) is 6.33 Å². The highest BCUT2D eigenvalue weighted by atomic mass is 16.5. The summed E-state index contributed by atoms with van der Waals surface area (Å²) in [6.07, 6.45) is 41.2. The van der Waals surface area contributed by atoms with Crippen LogP contribution in [0.3, 0.4) is 0 Å². The molecule has 340 valence electrons. The SMILES string of the molecule is CCCCCCCCOC(=O)CCCCCCCN(CCCCCCCC(=O)OC(CCCCCCCC)CCCCCCCC)CCCn1cnc2c(N)ncnc21. The molecule has 10 heteroatoms. The average Bonchev–Trinajstić information content (AvgIpc) is 3.65. The maximum absolute atomic E-state index is 12.9. The van der Waals surface area contributed by atoms with Gasteiger partial charge >= 0.3 is 11.9 Å². The van der Waals surface area contributed by atoms with Gasteiger partial charge in [0.1, 0.15) is 17.9 Å². The first-order valence-corrected chi connectivity index (χ1v) is 25.0. The molecule has 0 spiro atoms. The van der Waals surface area contributed by atoms with Crippen LogP contribution in [0.5, 0.6) is 0 Å². The monoisotopic (exact) mass is 827 g/mol. The Morgan fingerprint density at radius 3 is 1.63 bits per heavy atom. The van der Waals surface area contributed by atoms with E-state index in [0.717, 1.165) is 102 Å². The Morgan fingerprint density at radius 2 is 1.05 bits per heavy atom. The summed E-state index contributed by atoms with van der Waals surface area (Å²) < 4.78 is 13.6. The number of rotatable bonds is 42. The van der Waals surface area contributed by atoms with E-state index >= 15 is 0 Å². The lowest BCUT2D eigenvalue weighted by Gasteiger charge is -2.22. The molecule has 0 aliphatic heterocycles. The minimum atomic E-state index is -0.0317. The number of esters is 2. The van der Waals surface area contributed by atoms with Gasteiger partial charge in [0.05, 0.1) is 12.9 Å². The number of unbranched alkanes of at least 4 members (excludes halogenated alkanes) is 23. The van der Waals surface area contributed by atoms with Gasteiger partial charge < -0.3 is 24.7 Å². The third-order valence-corrected chi connectivity index (χ3v) is 11.8. The lowest BCUT2D eigenvalue weighted by molar-refractivity contribution is -0.150. The summed E-state index contributed by atoms with van der Waals surface area (Å²) in [5.74, 6) is 0.408. The Bertz CT molecular complexity index is 1270. The summed E-state index contributed by atoms with van der Waals surface area (Å²) >= 11 is 0. The van der Waals surface area contributed by atoms with Crippen molar-refractivity contribution in [2.45, 2.75) is 245 Å². The normalized spacial score (nSPS) is 11.7. The predicted octanol–water partition coefficient (Wildman–Crippen LogP) is 13.1. The van der Waals surface area contributed by atoms with Gasteiger partial charge in [0, 0.05) is 19.4 Å². The van der Waals surface area contributed by atoms with E-state index in [9.17, 15) is 9.59 Å². The summed E-state index contributed by atoms with van der Waals surface area (Å²) in [4.78, 5) is 40.6. The molecule has 2 heterocycles. The molecule has 0 bridgehead atoms. The van der Waals surface area contributed by atoms with Gasteiger partial charge in [0.15, 0.2) is 11.5 Å². The number of nitrogens with zero attached hydrogens (tertiary/aromatic N) is 5. The van der Waals surface area contributed by atoms with Crippen LogP contribution in [0, 0.1) is 0 Å². The lowest BCUT2D eigenvalue weighted by Crippen LogP contribution is -2.28. The number of nitrogen functional groups attached to an aromatic ring is 1. The second kappa shape index (κ2) is 37.0. The van der Waals surface area contributed by atoms with Crippen LogP contribution in [0.25, 0.3) is 11.2 Å². The zero-order valence-corrected chi connectivity index (χ0v) is 38.5. The zero-order valence-electron chi connectivity index (χ0n) is 38.5. The molecule has 0 aliphatic rings. The number of aryl methyl sites for hydroxylation is 1. The van der Waals surface area contributed by atoms with E-state index in [1.165, 1.54) is 135 Å². The minimum Gasteiger partial charge on any atom is -0.466 e. The number of carbonyl (C=O) groups is 2. The van der Waals surface area contributed by atoms with Gasteiger partial charge in [-0.25, -0.2) is 15.0 Å². The standard InChI is InChI=1S/C49H90N6O4/c1-4-7-10-13-18-25-33-44(34-26-19-14-11-8-5-2)59-46(57)36-28-21-17-23-30-38-54(39-32-40-55-43-53-47-48(50)51-42-52-49(47)55)37-29-22-16-20-27-35-45(56)58-41-31-24-15-12-9-6-3/h42-44H,4-41H2,1-3H3,(H2,50,51,52). The number of fused-ring (bicyclic) bond motifs is 1. The molecule has 2 N–H and O–H groups in total. The van der Waals surface area contributed by atoms with E-state index in [1.54, 1.807) is 0 Å².